The number of ketones is 1. The Kier molecular flexibility index (Phi) is 6.20. The number of hydrogen-bond acceptors (Lipinski definition) is 5. The number of likely N-dealkylation sites (tertiary alicyclic amines) is 1. The number of fused-ring (bicyclic) bond motifs is 2. The van der Waals surface area contributed by atoms with Crippen molar-refractivity contribution in [3.8, 4) is 0 Å². The molecule has 1 aliphatic carbocycles. The second kappa shape index (κ2) is 9.64. The molecule has 186 valence electrons. The van der Waals surface area contributed by atoms with Gasteiger partial charge in [0, 0.05) is 49.0 Å². The van der Waals surface area contributed by atoms with Gasteiger partial charge in [0.2, 0.25) is 11.9 Å². The molecule has 3 aromatic rings. The van der Waals surface area contributed by atoms with Crippen molar-refractivity contribution in [1.82, 2.24) is 14.9 Å². The average molecular weight is 483 g/mol. The third-order valence-corrected chi connectivity index (χ3v) is 8.38. The summed E-state index contributed by atoms with van der Waals surface area (Å²) in [6.45, 7) is 4.95. The Balaban J connectivity index is 1.10. The second-order valence-corrected chi connectivity index (χ2v) is 10.7. The topological polar surface area (TPSA) is 66.4 Å². The first kappa shape index (κ1) is 23.1. The summed E-state index contributed by atoms with van der Waals surface area (Å²) in [6.07, 6.45) is 6.89. The number of carbonyl (C=O) groups excluding carboxylic acids is 2. The van der Waals surface area contributed by atoms with E-state index < -0.39 is 0 Å². The molecular formula is C30H34N4O2. The van der Waals surface area contributed by atoms with Crippen LogP contribution in [0.5, 0.6) is 0 Å². The summed E-state index contributed by atoms with van der Waals surface area (Å²) < 4.78 is 0. The van der Waals surface area contributed by atoms with E-state index in [9.17, 15) is 9.59 Å². The van der Waals surface area contributed by atoms with Crippen molar-refractivity contribution in [1.29, 1.82) is 0 Å². The van der Waals surface area contributed by atoms with E-state index >= 15 is 0 Å². The van der Waals surface area contributed by atoms with Crippen molar-refractivity contribution in [2.45, 2.75) is 51.9 Å². The van der Waals surface area contributed by atoms with Crippen molar-refractivity contribution < 1.29 is 9.59 Å². The van der Waals surface area contributed by atoms with Crippen LogP contribution >= 0.6 is 0 Å². The van der Waals surface area contributed by atoms with Crippen LogP contribution < -0.4 is 4.90 Å². The number of aryl methyl sites for hydroxylation is 3. The largest absolute Gasteiger partial charge is 0.342 e. The number of carbonyl (C=O) groups is 2. The smallest absolute Gasteiger partial charge is 0.226 e. The quantitative estimate of drug-likeness (QED) is 0.502. The molecule has 3 heterocycles. The Morgan fingerprint density at radius 3 is 2.39 bits per heavy atom. The molecule has 6 nitrogen and oxygen atoms in total. The van der Waals surface area contributed by atoms with Crippen LogP contribution in [0.4, 0.5) is 5.95 Å². The number of hydrogen-bond donors (Lipinski definition) is 0. The molecule has 6 heteroatoms. The molecule has 0 saturated carbocycles. The Labute approximate surface area is 212 Å². The lowest BCUT2D eigenvalue weighted by Gasteiger charge is -2.37. The van der Waals surface area contributed by atoms with Crippen molar-refractivity contribution >= 4 is 28.5 Å². The van der Waals surface area contributed by atoms with E-state index in [1.807, 2.05) is 35.2 Å². The van der Waals surface area contributed by atoms with E-state index in [4.69, 9.17) is 9.97 Å². The number of Topliss-reactive ketones (excluding diaryl/α,β-unsaturated/α-hetero) is 1. The lowest BCUT2D eigenvalue weighted by atomic mass is 9.88. The van der Waals surface area contributed by atoms with Gasteiger partial charge >= 0.3 is 0 Å². The summed E-state index contributed by atoms with van der Waals surface area (Å²) >= 11 is 0. The molecule has 2 fully saturated rings. The first-order valence-electron chi connectivity index (χ1n) is 13.5. The van der Waals surface area contributed by atoms with Crippen LogP contribution in [-0.4, -0.2) is 52.7 Å². The summed E-state index contributed by atoms with van der Waals surface area (Å²) in [4.78, 5) is 40.3. The minimum atomic E-state index is -0.0967. The van der Waals surface area contributed by atoms with Crippen LogP contribution in [0, 0.1) is 18.8 Å². The van der Waals surface area contributed by atoms with E-state index in [-0.39, 0.29) is 23.5 Å². The molecule has 0 N–H and O–H groups in total. The number of rotatable bonds is 4. The Bertz CT molecular complexity index is 1300. The van der Waals surface area contributed by atoms with Gasteiger partial charge in [-0.3, -0.25) is 9.59 Å². The van der Waals surface area contributed by atoms with Crippen LogP contribution in [-0.2, 0) is 17.6 Å². The van der Waals surface area contributed by atoms with Gasteiger partial charge in [0.05, 0.1) is 11.2 Å². The first-order valence-corrected chi connectivity index (χ1v) is 13.5. The zero-order chi connectivity index (χ0) is 24.6. The van der Waals surface area contributed by atoms with Gasteiger partial charge < -0.3 is 9.80 Å². The van der Waals surface area contributed by atoms with Crippen LogP contribution in [0.25, 0.3) is 10.9 Å². The van der Waals surface area contributed by atoms with Gasteiger partial charge in [-0.2, -0.15) is 0 Å². The number of nitrogens with zero attached hydrogens (tertiary/aromatic N) is 4. The molecular weight excluding hydrogens is 448 g/mol. The Morgan fingerprint density at radius 1 is 0.861 bits per heavy atom. The van der Waals surface area contributed by atoms with E-state index in [0.29, 0.717) is 6.54 Å². The van der Waals surface area contributed by atoms with Crippen LogP contribution in [0.3, 0.4) is 0 Å². The van der Waals surface area contributed by atoms with Gasteiger partial charge in [0.25, 0.3) is 0 Å². The Morgan fingerprint density at radius 2 is 1.61 bits per heavy atom. The molecule has 1 amide bonds. The van der Waals surface area contributed by atoms with E-state index in [1.165, 1.54) is 17.5 Å². The maximum Gasteiger partial charge on any atom is 0.226 e. The zero-order valence-electron chi connectivity index (χ0n) is 21.1. The molecule has 2 saturated heterocycles. The highest BCUT2D eigenvalue weighted by Gasteiger charge is 2.34. The van der Waals surface area contributed by atoms with Crippen molar-refractivity contribution in [3.05, 3.63) is 64.8 Å². The minimum Gasteiger partial charge on any atom is -0.342 e. The van der Waals surface area contributed by atoms with Crippen LogP contribution in [0.15, 0.2) is 42.5 Å². The molecule has 1 unspecified atom stereocenters. The van der Waals surface area contributed by atoms with E-state index in [0.717, 1.165) is 86.3 Å². The molecule has 0 spiro atoms. The lowest BCUT2D eigenvalue weighted by molar-refractivity contribution is -0.137. The maximum absolute atomic E-state index is 13.4. The molecule has 1 aromatic heterocycles. The van der Waals surface area contributed by atoms with Gasteiger partial charge in [-0.05, 0) is 75.1 Å². The number of anilines is 1. The molecule has 0 bridgehead atoms. The predicted octanol–water partition coefficient (Wildman–Crippen LogP) is 4.76. The van der Waals surface area contributed by atoms with Crippen molar-refractivity contribution in [3.63, 3.8) is 0 Å². The third-order valence-electron chi connectivity index (χ3n) is 8.38. The molecule has 1 atom stereocenters. The maximum atomic E-state index is 13.4. The van der Waals surface area contributed by atoms with Gasteiger partial charge in [-0.15, -0.1) is 0 Å². The van der Waals surface area contributed by atoms with Crippen LogP contribution in [0.1, 0.15) is 59.3 Å². The summed E-state index contributed by atoms with van der Waals surface area (Å²) in [5.41, 5.74) is 5.71. The van der Waals surface area contributed by atoms with Gasteiger partial charge in [-0.1, -0.05) is 30.3 Å². The molecule has 3 aliphatic rings. The van der Waals surface area contributed by atoms with Crippen molar-refractivity contribution in [2.75, 3.05) is 31.1 Å². The molecule has 6 rings (SSSR count). The van der Waals surface area contributed by atoms with Gasteiger partial charge in [0.15, 0.2) is 5.78 Å². The second-order valence-electron chi connectivity index (χ2n) is 10.7. The summed E-state index contributed by atoms with van der Waals surface area (Å²) in [5, 5.41) is 1.16. The number of amides is 1. The first-order chi connectivity index (χ1) is 17.6. The summed E-state index contributed by atoms with van der Waals surface area (Å²) in [6, 6.07) is 14.0. The molecule has 36 heavy (non-hydrogen) atoms. The number of piperidine rings is 2. The predicted molar refractivity (Wildman–Crippen MR) is 141 cm³/mol. The van der Waals surface area contributed by atoms with E-state index in [2.05, 4.69) is 24.0 Å². The highest BCUT2D eigenvalue weighted by Crippen LogP contribution is 2.31. The van der Waals surface area contributed by atoms with Gasteiger partial charge in [0.1, 0.15) is 0 Å². The monoisotopic (exact) mass is 482 g/mol. The van der Waals surface area contributed by atoms with Gasteiger partial charge in [-0.25, -0.2) is 9.97 Å². The Hall–Kier alpha value is -3.28. The van der Waals surface area contributed by atoms with E-state index in [1.54, 1.807) is 0 Å². The van der Waals surface area contributed by atoms with Crippen molar-refractivity contribution in [2.24, 2.45) is 11.8 Å². The fourth-order valence-corrected chi connectivity index (χ4v) is 6.29. The number of aromatic nitrogens is 2. The fraction of sp³-hybridized carbons (Fsp3) is 0.467. The summed E-state index contributed by atoms with van der Waals surface area (Å²) in [5.74, 6) is 1.08. The molecule has 2 aromatic carbocycles. The third kappa shape index (κ3) is 4.38. The minimum absolute atomic E-state index is 0.0108. The zero-order valence-corrected chi connectivity index (χ0v) is 21.1. The summed E-state index contributed by atoms with van der Waals surface area (Å²) in [7, 11) is 0. The highest BCUT2D eigenvalue weighted by atomic mass is 16.2. The number of benzene rings is 2. The molecule has 2 aliphatic heterocycles. The standard InChI is InChI=1S/C30H34N4O2/c1-20-26-17-23-9-5-10-24(23)18-27(26)32-30(31-20)33-15-12-22(13-16-33)29(36)34-14-6-11-25(19-34)28(35)21-7-3-2-4-8-21/h2-4,7-8,17-18,22,25H,5-6,9-16,19H2,1H3. The highest BCUT2D eigenvalue weighted by molar-refractivity contribution is 5.98. The lowest BCUT2D eigenvalue weighted by Crippen LogP contribution is -2.47. The SMILES string of the molecule is Cc1nc(N2CCC(C(=O)N3CCCC(C(=O)c4ccccc4)C3)CC2)nc2cc3c(cc12)CCC3. The molecule has 0 radical (unpaired) electrons. The average Bonchev–Trinajstić information content (AvgIpc) is 3.39. The fourth-order valence-electron chi connectivity index (χ4n) is 6.29. The normalized spacial score (nSPS) is 20.5. The van der Waals surface area contributed by atoms with Crippen LogP contribution in [0.2, 0.25) is 0 Å².